The van der Waals surface area contributed by atoms with E-state index in [0.717, 1.165) is 19.2 Å². The molecular formula is C12H15FO2S3. The first-order valence-electron chi connectivity index (χ1n) is 5.60. The van der Waals surface area contributed by atoms with E-state index in [-0.39, 0.29) is 11.4 Å². The van der Waals surface area contributed by atoms with Crippen molar-refractivity contribution in [2.24, 2.45) is 0 Å². The Bertz CT molecular complexity index is 576. The average molecular weight is 306 g/mol. The van der Waals surface area contributed by atoms with Gasteiger partial charge in [-0.15, -0.1) is 22.7 Å². The van der Waals surface area contributed by atoms with Crippen LogP contribution in [0.15, 0.2) is 11.0 Å². The molecular weight excluding hydrogens is 291 g/mol. The fraction of sp³-hybridized carbons (Fsp3) is 0.500. The molecule has 0 N–H and O–H groups in total. The number of ether oxygens (including phenoxy) is 2. The summed E-state index contributed by atoms with van der Waals surface area (Å²) < 4.78 is 27.1. The van der Waals surface area contributed by atoms with Crippen LogP contribution in [0.25, 0.3) is 9.40 Å². The molecule has 0 saturated carbocycles. The van der Waals surface area contributed by atoms with Gasteiger partial charge in [-0.05, 0) is 24.8 Å². The summed E-state index contributed by atoms with van der Waals surface area (Å²) in [5.41, 5.74) is 0. The maximum Gasteiger partial charge on any atom is 0.193 e. The van der Waals surface area contributed by atoms with Gasteiger partial charge in [0, 0.05) is 4.70 Å². The monoisotopic (exact) mass is 306 g/mol. The van der Waals surface area contributed by atoms with Gasteiger partial charge in [-0.25, -0.2) is 10.0 Å². The lowest BCUT2D eigenvalue weighted by Gasteiger charge is -2.24. The topological polar surface area (TPSA) is 18.5 Å². The smallest absolute Gasteiger partial charge is 0.193 e. The predicted octanol–water partition coefficient (Wildman–Crippen LogP) is 4.20. The second-order valence-electron chi connectivity index (χ2n) is 4.96. The molecule has 100 valence electrons. The van der Waals surface area contributed by atoms with Gasteiger partial charge in [0.2, 0.25) is 0 Å². The van der Waals surface area contributed by atoms with Gasteiger partial charge in [-0.1, -0.05) is 0 Å². The van der Waals surface area contributed by atoms with Crippen molar-refractivity contribution in [2.75, 3.05) is 32.0 Å². The number of hydrogen-bond acceptors (Lipinski definition) is 4. The molecule has 0 aliphatic carbocycles. The van der Waals surface area contributed by atoms with Crippen LogP contribution in [-0.2, 0) is 9.47 Å². The van der Waals surface area contributed by atoms with Crippen LogP contribution in [0, 0.1) is 5.13 Å². The van der Waals surface area contributed by atoms with Crippen molar-refractivity contribution in [3.8, 4) is 0 Å². The Morgan fingerprint density at radius 3 is 2.50 bits per heavy atom. The van der Waals surface area contributed by atoms with E-state index in [0.29, 0.717) is 13.2 Å². The molecule has 1 aliphatic heterocycles. The second-order valence-corrected chi connectivity index (χ2v) is 11.1. The molecule has 6 heteroatoms. The van der Waals surface area contributed by atoms with E-state index >= 15 is 0 Å². The summed E-state index contributed by atoms with van der Waals surface area (Å²) in [4.78, 5) is 1.95. The van der Waals surface area contributed by atoms with Crippen LogP contribution >= 0.6 is 32.7 Å². The van der Waals surface area contributed by atoms with E-state index in [2.05, 4.69) is 18.8 Å². The van der Waals surface area contributed by atoms with E-state index < -0.39 is 10.0 Å². The fourth-order valence-electron chi connectivity index (χ4n) is 2.02. The third-order valence-corrected chi connectivity index (χ3v) is 6.86. The maximum atomic E-state index is 14.0. The Morgan fingerprint density at radius 1 is 1.22 bits per heavy atom. The van der Waals surface area contributed by atoms with E-state index in [4.69, 9.17) is 9.47 Å². The quantitative estimate of drug-likeness (QED) is 0.828. The Balaban J connectivity index is 2.10. The molecule has 2 aromatic rings. The van der Waals surface area contributed by atoms with Crippen molar-refractivity contribution in [3.05, 3.63) is 16.1 Å². The van der Waals surface area contributed by atoms with E-state index in [1.807, 2.05) is 6.07 Å². The minimum Gasteiger partial charge on any atom is -0.345 e. The molecule has 1 saturated heterocycles. The highest BCUT2D eigenvalue weighted by atomic mass is 32.3. The molecule has 0 amide bonds. The lowest BCUT2D eigenvalue weighted by atomic mass is 10.4. The highest BCUT2D eigenvalue weighted by Gasteiger charge is 2.26. The zero-order chi connectivity index (χ0) is 12.9. The fourth-order valence-corrected chi connectivity index (χ4v) is 7.12. The maximum absolute atomic E-state index is 14.0. The number of thiophene rings is 2. The van der Waals surface area contributed by atoms with Gasteiger partial charge in [-0.2, -0.15) is 4.39 Å². The highest BCUT2D eigenvalue weighted by Crippen LogP contribution is 2.55. The first-order valence-corrected chi connectivity index (χ1v) is 10.1. The number of hydrogen-bond donors (Lipinski definition) is 0. The van der Waals surface area contributed by atoms with Gasteiger partial charge in [0.15, 0.2) is 11.4 Å². The summed E-state index contributed by atoms with van der Waals surface area (Å²) in [7, 11) is -1.06. The molecule has 3 rings (SSSR count). The van der Waals surface area contributed by atoms with Crippen LogP contribution in [0.4, 0.5) is 4.39 Å². The molecule has 18 heavy (non-hydrogen) atoms. The molecule has 0 radical (unpaired) electrons. The van der Waals surface area contributed by atoms with Crippen LogP contribution in [0.2, 0.25) is 0 Å². The number of fused-ring (bicyclic) bond motifs is 1. The molecule has 0 unspecified atom stereocenters. The second kappa shape index (κ2) is 4.45. The summed E-state index contributed by atoms with van der Waals surface area (Å²) in [5, 5.41) is -0.0291. The van der Waals surface area contributed by atoms with E-state index in [1.165, 1.54) is 11.3 Å². The number of rotatable bonds is 2. The predicted molar refractivity (Wildman–Crippen MR) is 77.9 cm³/mol. The van der Waals surface area contributed by atoms with Crippen molar-refractivity contribution in [1.82, 2.24) is 0 Å². The zero-order valence-electron chi connectivity index (χ0n) is 10.5. The van der Waals surface area contributed by atoms with E-state index in [9.17, 15) is 4.39 Å². The van der Waals surface area contributed by atoms with Crippen LogP contribution in [-0.4, -0.2) is 32.0 Å². The lowest BCUT2D eigenvalue weighted by Crippen LogP contribution is -1.94. The molecule has 0 bridgehead atoms. The minimum absolute atomic E-state index is 0.0291. The summed E-state index contributed by atoms with van der Waals surface area (Å²) in [6, 6.07) is 2.01. The van der Waals surface area contributed by atoms with Crippen molar-refractivity contribution in [3.63, 3.8) is 0 Å². The van der Waals surface area contributed by atoms with Gasteiger partial charge >= 0.3 is 0 Å². The lowest BCUT2D eigenvalue weighted by molar-refractivity contribution is -0.0412. The third-order valence-electron chi connectivity index (χ3n) is 2.77. The van der Waals surface area contributed by atoms with E-state index in [1.54, 1.807) is 11.3 Å². The molecule has 0 atom stereocenters. The van der Waals surface area contributed by atoms with Gasteiger partial charge in [-0.3, -0.25) is 0 Å². The SMILES string of the molecule is CS(C)(C)c1c(F)sc2cc(C3OCCO3)sc12. The molecule has 3 heterocycles. The minimum atomic E-state index is -1.06. The summed E-state index contributed by atoms with van der Waals surface area (Å²) in [6.45, 7) is 1.28. The van der Waals surface area contributed by atoms with Gasteiger partial charge in [0.25, 0.3) is 0 Å². The van der Waals surface area contributed by atoms with Gasteiger partial charge < -0.3 is 9.47 Å². The Hall–Kier alpha value is -0.140. The van der Waals surface area contributed by atoms with Crippen LogP contribution in [0.3, 0.4) is 0 Å². The van der Waals surface area contributed by atoms with Gasteiger partial charge in [0.1, 0.15) is 0 Å². The highest BCUT2D eigenvalue weighted by molar-refractivity contribution is 8.32. The van der Waals surface area contributed by atoms with Crippen LogP contribution in [0.1, 0.15) is 11.2 Å². The molecule has 1 aliphatic rings. The Labute approximate surface area is 115 Å². The molecule has 1 fully saturated rings. The standard InChI is InChI=1S/C12H15FO2S3/c1-18(2,3)10-9-7(17-11(10)13)6-8(16-9)12-14-4-5-15-12/h6,12H,4-5H2,1-3H3. The van der Waals surface area contributed by atoms with Crippen LogP contribution in [0.5, 0.6) is 0 Å². The van der Waals surface area contributed by atoms with Crippen molar-refractivity contribution in [2.45, 2.75) is 11.2 Å². The molecule has 0 spiro atoms. The summed E-state index contributed by atoms with van der Waals surface area (Å²) in [5.74, 6) is 0. The van der Waals surface area contributed by atoms with Crippen LogP contribution < -0.4 is 0 Å². The Morgan fingerprint density at radius 2 is 1.89 bits per heavy atom. The largest absolute Gasteiger partial charge is 0.345 e. The van der Waals surface area contributed by atoms with Crippen molar-refractivity contribution >= 4 is 42.1 Å². The third kappa shape index (κ3) is 2.10. The molecule has 2 nitrogen and oxygen atoms in total. The normalized spacial score (nSPS) is 18.9. The zero-order valence-corrected chi connectivity index (χ0v) is 12.9. The van der Waals surface area contributed by atoms with Gasteiger partial charge in [0.05, 0.1) is 27.7 Å². The van der Waals surface area contributed by atoms with Crippen molar-refractivity contribution in [1.29, 1.82) is 0 Å². The number of halogens is 1. The molecule has 0 aromatic carbocycles. The first-order chi connectivity index (χ1) is 8.47. The Kier molecular flexibility index (Phi) is 3.18. The average Bonchev–Trinajstić information content (AvgIpc) is 2.86. The summed E-state index contributed by atoms with van der Waals surface area (Å²) >= 11 is 2.85. The first kappa shape index (κ1) is 12.9. The van der Waals surface area contributed by atoms with Crippen molar-refractivity contribution < 1.29 is 13.9 Å². The summed E-state index contributed by atoms with van der Waals surface area (Å²) in [6.07, 6.45) is 6.12. The molecule has 2 aromatic heterocycles.